The number of nitrogens with zero attached hydrogens (tertiary/aromatic N) is 1. The minimum atomic E-state index is -1.13. The lowest BCUT2D eigenvalue weighted by Gasteiger charge is -2.33. The summed E-state index contributed by atoms with van der Waals surface area (Å²) >= 11 is 1.16. The van der Waals surface area contributed by atoms with Crippen molar-refractivity contribution in [1.82, 2.24) is 5.32 Å². The number of halogens is 5. The topological polar surface area (TPSA) is 58.6 Å². The van der Waals surface area contributed by atoms with Crippen molar-refractivity contribution in [3.63, 3.8) is 0 Å². The summed E-state index contributed by atoms with van der Waals surface area (Å²) in [5.74, 6) is -6.11. The van der Waals surface area contributed by atoms with E-state index in [1.54, 1.807) is 6.92 Å². The molecule has 0 spiro atoms. The molecule has 0 fully saturated rings. The molecule has 1 atom stereocenters. The second-order valence-corrected chi connectivity index (χ2v) is 9.35. The molecule has 2 amide bonds. The molecule has 1 heterocycles. The molecule has 0 saturated heterocycles. The van der Waals surface area contributed by atoms with Crippen molar-refractivity contribution < 1.29 is 36.3 Å². The van der Waals surface area contributed by atoms with Crippen LogP contribution in [0, 0.1) is 29.1 Å². The van der Waals surface area contributed by atoms with Gasteiger partial charge in [0, 0.05) is 52.4 Å². The van der Waals surface area contributed by atoms with E-state index >= 15 is 0 Å². The monoisotopic (exact) mass is 522 g/mol. The molecule has 0 aliphatic carbocycles. The van der Waals surface area contributed by atoms with Crippen molar-refractivity contribution in [3.05, 3.63) is 88.2 Å². The number of carbonyl (C=O) groups excluding carboxylic acids is 2. The van der Waals surface area contributed by atoms with Gasteiger partial charge in [0.05, 0.1) is 24.6 Å². The quantitative estimate of drug-likeness (QED) is 0.444. The summed E-state index contributed by atoms with van der Waals surface area (Å²) in [6, 6.07) is 7.38. The van der Waals surface area contributed by atoms with E-state index in [4.69, 9.17) is 4.74 Å². The number of fused-ring (bicyclic) bond motifs is 1. The van der Waals surface area contributed by atoms with Crippen LogP contribution in [0.25, 0.3) is 0 Å². The Bertz CT molecular complexity index is 1320. The number of benzene rings is 3. The van der Waals surface area contributed by atoms with E-state index in [0.29, 0.717) is 22.7 Å². The van der Waals surface area contributed by atoms with Crippen molar-refractivity contribution in [3.8, 4) is 5.75 Å². The summed E-state index contributed by atoms with van der Waals surface area (Å²) in [5, 5.41) is 1.77. The maximum atomic E-state index is 14.5. The Labute approximate surface area is 207 Å². The third kappa shape index (κ3) is 5.01. The van der Waals surface area contributed by atoms with Crippen LogP contribution in [-0.2, 0) is 17.9 Å². The average Bonchev–Trinajstić information content (AvgIpc) is 2.82. The smallest absolute Gasteiger partial charge is 0.251 e. The van der Waals surface area contributed by atoms with Gasteiger partial charge in [-0.3, -0.25) is 9.59 Å². The zero-order valence-electron chi connectivity index (χ0n) is 19.0. The van der Waals surface area contributed by atoms with Gasteiger partial charge in [0.25, 0.3) is 5.91 Å². The average molecular weight is 522 g/mol. The minimum absolute atomic E-state index is 0.000835. The number of ether oxygens (including phenoxy) is 1. The standard InChI is InChI=1S/C25H19F5N2O3S/c1-12-25(34)32(11-17-20(29)8-15(35-2)9-21(17)30)22-4-3-13(5-23(22)36-12)24(33)31-10-16-18(27)6-14(26)7-19(16)28/h3-9,12H,10-11H2,1-2H3,(H,31,33). The summed E-state index contributed by atoms with van der Waals surface area (Å²) in [5.41, 5.74) is -0.331. The van der Waals surface area contributed by atoms with Crippen molar-refractivity contribution in [2.75, 3.05) is 12.0 Å². The maximum absolute atomic E-state index is 14.5. The number of rotatable bonds is 6. The van der Waals surface area contributed by atoms with E-state index in [9.17, 15) is 31.5 Å². The Morgan fingerprint density at radius 2 is 1.58 bits per heavy atom. The van der Waals surface area contributed by atoms with Crippen LogP contribution < -0.4 is 15.0 Å². The van der Waals surface area contributed by atoms with Gasteiger partial charge in [-0.1, -0.05) is 0 Å². The van der Waals surface area contributed by atoms with E-state index in [1.165, 1.54) is 30.2 Å². The Morgan fingerprint density at radius 3 is 2.19 bits per heavy atom. The van der Waals surface area contributed by atoms with E-state index in [2.05, 4.69) is 5.32 Å². The first-order valence-electron chi connectivity index (χ1n) is 10.6. The van der Waals surface area contributed by atoms with Crippen molar-refractivity contribution in [2.45, 2.75) is 30.2 Å². The number of nitrogens with one attached hydrogen (secondary N) is 1. The summed E-state index contributed by atoms with van der Waals surface area (Å²) in [6.07, 6.45) is 0. The predicted molar refractivity (Wildman–Crippen MR) is 123 cm³/mol. The van der Waals surface area contributed by atoms with Crippen LogP contribution in [0.4, 0.5) is 27.6 Å². The van der Waals surface area contributed by atoms with Gasteiger partial charge < -0.3 is 15.0 Å². The van der Waals surface area contributed by atoms with Crippen LogP contribution in [0.1, 0.15) is 28.4 Å². The maximum Gasteiger partial charge on any atom is 0.251 e. The van der Waals surface area contributed by atoms with Gasteiger partial charge in [0.1, 0.15) is 34.8 Å². The molecule has 0 radical (unpaired) electrons. The number of carbonyl (C=O) groups is 2. The molecular weight excluding hydrogens is 503 g/mol. The number of methoxy groups -OCH3 is 1. The molecule has 36 heavy (non-hydrogen) atoms. The Hall–Kier alpha value is -3.60. The number of amides is 2. The fraction of sp³-hybridized carbons (Fsp3) is 0.200. The Kier molecular flexibility index (Phi) is 7.21. The molecule has 3 aromatic rings. The van der Waals surface area contributed by atoms with Crippen LogP contribution in [0.5, 0.6) is 5.75 Å². The van der Waals surface area contributed by atoms with Crippen molar-refractivity contribution in [1.29, 1.82) is 0 Å². The highest BCUT2D eigenvalue weighted by Crippen LogP contribution is 2.41. The van der Waals surface area contributed by atoms with Gasteiger partial charge in [0.15, 0.2) is 0 Å². The number of hydrogen-bond donors (Lipinski definition) is 1. The van der Waals surface area contributed by atoms with Crippen molar-refractivity contribution in [2.24, 2.45) is 0 Å². The molecule has 11 heteroatoms. The summed E-state index contributed by atoms with van der Waals surface area (Å²) in [6.45, 7) is 0.724. The first-order valence-corrected chi connectivity index (χ1v) is 11.5. The van der Waals surface area contributed by atoms with E-state index in [1.807, 2.05) is 0 Å². The summed E-state index contributed by atoms with van der Waals surface area (Å²) in [4.78, 5) is 27.2. The van der Waals surface area contributed by atoms with Gasteiger partial charge in [-0.2, -0.15) is 0 Å². The van der Waals surface area contributed by atoms with Crippen molar-refractivity contribution >= 4 is 29.3 Å². The molecule has 0 aromatic heterocycles. The van der Waals surface area contributed by atoms with E-state index < -0.39 is 52.4 Å². The Balaban J connectivity index is 1.58. The van der Waals surface area contributed by atoms with Gasteiger partial charge >= 0.3 is 0 Å². The normalized spacial score (nSPS) is 15.0. The molecule has 3 aromatic carbocycles. The second kappa shape index (κ2) is 10.2. The summed E-state index contributed by atoms with van der Waals surface area (Å²) < 4.78 is 74.7. The van der Waals surface area contributed by atoms with E-state index in [-0.39, 0.29) is 29.3 Å². The van der Waals surface area contributed by atoms with Crippen LogP contribution in [0.3, 0.4) is 0 Å². The lowest BCUT2D eigenvalue weighted by atomic mass is 10.1. The first-order chi connectivity index (χ1) is 17.1. The van der Waals surface area contributed by atoms with Gasteiger partial charge in [-0.15, -0.1) is 11.8 Å². The number of anilines is 1. The zero-order chi connectivity index (χ0) is 26.1. The summed E-state index contributed by atoms with van der Waals surface area (Å²) in [7, 11) is 1.28. The molecule has 188 valence electrons. The van der Waals surface area contributed by atoms with Gasteiger partial charge in [-0.25, -0.2) is 22.0 Å². The zero-order valence-corrected chi connectivity index (χ0v) is 19.8. The third-order valence-electron chi connectivity index (χ3n) is 5.63. The third-order valence-corrected chi connectivity index (χ3v) is 6.76. The SMILES string of the molecule is COc1cc(F)c(CN2C(=O)C(C)Sc3cc(C(=O)NCc4c(F)cc(F)cc4F)ccc32)c(F)c1. The van der Waals surface area contributed by atoms with Crippen LogP contribution >= 0.6 is 11.8 Å². The fourth-order valence-corrected chi connectivity index (χ4v) is 4.84. The highest BCUT2D eigenvalue weighted by molar-refractivity contribution is 8.01. The molecule has 1 aliphatic heterocycles. The van der Waals surface area contributed by atoms with E-state index in [0.717, 1.165) is 23.9 Å². The molecule has 4 rings (SSSR count). The highest BCUT2D eigenvalue weighted by atomic mass is 32.2. The molecule has 0 saturated carbocycles. The largest absolute Gasteiger partial charge is 0.497 e. The lowest BCUT2D eigenvalue weighted by Crippen LogP contribution is -2.39. The Morgan fingerprint density at radius 1 is 0.972 bits per heavy atom. The number of thioether (sulfide) groups is 1. The number of hydrogen-bond acceptors (Lipinski definition) is 4. The molecule has 1 unspecified atom stereocenters. The second-order valence-electron chi connectivity index (χ2n) is 7.97. The lowest BCUT2D eigenvalue weighted by molar-refractivity contribution is -0.118. The minimum Gasteiger partial charge on any atom is -0.497 e. The molecule has 5 nitrogen and oxygen atoms in total. The van der Waals surface area contributed by atoms with Gasteiger partial charge in [0.2, 0.25) is 5.91 Å². The first kappa shape index (κ1) is 25.5. The fourth-order valence-electron chi connectivity index (χ4n) is 3.73. The molecule has 0 bridgehead atoms. The predicted octanol–water partition coefficient (Wildman–Crippen LogP) is 5.35. The molecular formula is C25H19F5N2O3S. The van der Waals surface area contributed by atoms with Crippen LogP contribution in [-0.4, -0.2) is 24.2 Å². The molecule has 1 N–H and O–H groups in total. The van der Waals surface area contributed by atoms with Crippen LogP contribution in [0.15, 0.2) is 47.4 Å². The molecule has 1 aliphatic rings. The van der Waals surface area contributed by atoms with Crippen LogP contribution in [0.2, 0.25) is 0 Å². The van der Waals surface area contributed by atoms with Gasteiger partial charge in [-0.05, 0) is 25.1 Å². The highest BCUT2D eigenvalue weighted by Gasteiger charge is 2.32.